The summed E-state index contributed by atoms with van der Waals surface area (Å²) in [5.74, 6) is 0.0925. The first kappa shape index (κ1) is 20.6. The number of rotatable bonds is 5. The summed E-state index contributed by atoms with van der Waals surface area (Å²) in [5, 5.41) is 13.7. The first-order valence-corrected chi connectivity index (χ1v) is 9.96. The molecule has 1 aromatic heterocycles. The standard InChI is InChI=1S/C24H20ClN3O3/c1-13-9-15(23(29)30)7-8-17(13)19-11-18(14-5-4-6-16(25)10-14)20-12-27-24(26-2)28-21(20)22(19)31-3/h4-12H,1-3H3,(H,29,30)(H,26,27,28). The second-order valence-electron chi connectivity index (χ2n) is 7.06. The van der Waals surface area contributed by atoms with E-state index in [-0.39, 0.29) is 5.56 Å². The van der Waals surface area contributed by atoms with E-state index in [9.17, 15) is 9.90 Å². The van der Waals surface area contributed by atoms with Gasteiger partial charge in [-0.05, 0) is 59.5 Å². The lowest BCUT2D eigenvalue weighted by Crippen LogP contribution is -2.01. The number of anilines is 1. The molecule has 4 aromatic rings. The number of carboxylic acids is 1. The van der Waals surface area contributed by atoms with Crippen molar-refractivity contribution in [1.82, 2.24) is 9.97 Å². The first-order valence-electron chi connectivity index (χ1n) is 9.58. The third-order valence-electron chi connectivity index (χ3n) is 5.15. The fourth-order valence-corrected chi connectivity index (χ4v) is 3.88. The quantitative estimate of drug-likeness (QED) is 0.421. The van der Waals surface area contributed by atoms with Crippen LogP contribution in [0.15, 0.2) is 54.7 Å². The van der Waals surface area contributed by atoms with Gasteiger partial charge >= 0.3 is 5.97 Å². The normalized spacial score (nSPS) is 10.8. The number of ether oxygens (including phenoxy) is 1. The van der Waals surface area contributed by atoms with E-state index in [2.05, 4.69) is 15.3 Å². The van der Waals surface area contributed by atoms with E-state index < -0.39 is 5.97 Å². The van der Waals surface area contributed by atoms with E-state index in [1.54, 1.807) is 38.6 Å². The van der Waals surface area contributed by atoms with Gasteiger partial charge in [0.2, 0.25) is 5.95 Å². The molecule has 0 aliphatic rings. The number of methoxy groups -OCH3 is 1. The minimum Gasteiger partial charge on any atom is -0.494 e. The van der Waals surface area contributed by atoms with Gasteiger partial charge in [-0.2, -0.15) is 0 Å². The maximum atomic E-state index is 11.4. The van der Waals surface area contributed by atoms with Crippen molar-refractivity contribution in [3.8, 4) is 28.0 Å². The van der Waals surface area contributed by atoms with Gasteiger partial charge in [0.05, 0.1) is 12.7 Å². The number of carbonyl (C=O) groups is 1. The summed E-state index contributed by atoms with van der Waals surface area (Å²) in [7, 11) is 3.35. The average molecular weight is 434 g/mol. The Morgan fingerprint density at radius 2 is 1.90 bits per heavy atom. The summed E-state index contributed by atoms with van der Waals surface area (Å²) in [5.41, 5.74) is 5.18. The topological polar surface area (TPSA) is 84.3 Å². The summed E-state index contributed by atoms with van der Waals surface area (Å²) < 4.78 is 5.80. The summed E-state index contributed by atoms with van der Waals surface area (Å²) in [6.45, 7) is 1.88. The number of nitrogens with one attached hydrogen (secondary N) is 1. The van der Waals surface area contributed by atoms with Crippen LogP contribution >= 0.6 is 11.6 Å². The Morgan fingerprint density at radius 3 is 2.55 bits per heavy atom. The molecule has 3 aromatic carbocycles. The Balaban J connectivity index is 2.09. The Morgan fingerprint density at radius 1 is 1.10 bits per heavy atom. The van der Waals surface area contributed by atoms with Crippen LogP contribution in [0.4, 0.5) is 5.95 Å². The molecule has 0 spiro atoms. The molecule has 0 aliphatic carbocycles. The molecule has 0 bridgehead atoms. The largest absolute Gasteiger partial charge is 0.494 e. The first-order chi connectivity index (χ1) is 14.9. The molecule has 0 saturated carbocycles. The van der Waals surface area contributed by atoms with E-state index in [4.69, 9.17) is 16.3 Å². The van der Waals surface area contributed by atoms with Crippen LogP contribution < -0.4 is 10.1 Å². The van der Waals surface area contributed by atoms with Crippen molar-refractivity contribution in [2.45, 2.75) is 6.92 Å². The summed E-state index contributed by atoms with van der Waals surface area (Å²) in [4.78, 5) is 20.4. The zero-order valence-electron chi connectivity index (χ0n) is 17.2. The second-order valence-corrected chi connectivity index (χ2v) is 7.49. The molecular weight excluding hydrogens is 414 g/mol. The maximum Gasteiger partial charge on any atom is 0.335 e. The van der Waals surface area contributed by atoms with Crippen molar-refractivity contribution in [3.05, 3.63) is 70.9 Å². The molecule has 4 rings (SSSR count). The molecule has 0 saturated heterocycles. The molecule has 0 radical (unpaired) electrons. The molecule has 1 heterocycles. The minimum atomic E-state index is -0.967. The summed E-state index contributed by atoms with van der Waals surface area (Å²) in [6.07, 6.45) is 1.76. The van der Waals surface area contributed by atoms with E-state index in [1.165, 1.54) is 0 Å². The maximum absolute atomic E-state index is 11.4. The van der Waals surface area contributed by atoms with Crippen LogP contribution in [-0.2, 0) is 0 Å². The van der Waals surface area contributed by atoms with E-state index in [0.717, 1.165) is 33.2 Å². The Hall–Kier alpha value is -3.64. The predicted octanol–water partition coefficient (Wildman–Crippen LogP) is 5.67. The van der Waals surface area contributed by atoms with Crippen molar-refractivity contribution in [2.24, 2.45) is 0 Å². The summed E-state index contributed by atoms with van der Waals surface area (Å²) >= 11 is 6.26. The lowest BCUT2D eigenvalue weighted by molar-refractivity contribution is 0.0697. The van der Waals surface area contributed by atoms with E-state index in [0.29, 0.717) is 22.2 Å². The highest BCUT2D eigenvalue weighted by Crippen LogP contribution is 2.43. The van der Waals surface area contributed by atoms with Gasteiger partial charge in [-0.3, -0.25) is 0 Å². The average Bonchev–Trinajstić information content (AvgIpc) is 2.77. The zero-order valence-corrected chi connectivity index (χ0v) is 18.0. The highest BCUT2D eigenvalue weighted by molar-refractivity contribution is 6.31. The molecule has 0 aliphatic heterocycles. The van der Waals surface area contributed by atoms with Crippen LogP contribution in [0.3, 0.4) is 0 Å². The van der Waals surface area contributed by atoms with Crippen LogP contribution in [0.5, 0.6) is 5.75 Å². The van der Waals surface area contributed by atoms with Gasteiger partial charge in [0.25, 0.3) is 0 Å². The van der Waals surface area contributed by atoms with E-state index >= 15 is 0 Å². The molecule has 0 atom stereocenters. The number of carboxylic acid groups (broad SMARTS) is 1. The lowest BCUT2D eigenvalue weighted by atomic mass is 9.92. The number of aryl methyl sites for hydroxylation is 1. The molecule has 156 valence electrons. The molecule has 0 fully saturated rings. The predicted molar refractivity (Wildman–Crippen MR) is 123 cm³/mol. The molecule has 0 unspecified atom stereocenters. The molecular formula is C24H20ClN3O3. The number of benzene rings is 3. The second kappa shape index (κ2) is 8.24. The molecule has 31 heavy (non-hydrogen) atoms. The van der Waals surface area contributed by atoms with Crippen LogP contribution in [0, 0.1) is 6.92 Å². The van der Waals surface area contributed by atoms with Crippen LogP contribution in [0.25, 0.3) is 33.2 Å². The fraction of sp³-hybridized carbons (Fsp3) is 0.125. The van der Waals surface area contributed by atoms with Crippen molar-refractivity contribution < 1.29 is 14.6 Å². The minimum absolute atomic E-state index is 0.232. The number of halogens is 1. The lowest BCUT2D eigenvalue weighted by Gasteiger charge is -2.17. The molecule has 2 N–H and O–H groups in total. The van der Waals surface area contributed by atoms with Gasteiger partial charge in [-0.1, -0.05) is 29.8 Å². The SMILES string of the molecule is CNc1ncc2c(-c3cccc(Cl)c3)cc(-c3ccc(C(=O)O)cc3C)c(OC)c2n1. The highest BCUT2D eigenvalue weighted by atomic mass is 35.5. The van der Waals surface area contributed by atoms with Gasteiger partial charge in [-0.15, -0.1) is 0 Å². The van der Waals surface area contributed by atoms with Crippen LogP contribution in [0.2, 0.25) is 5.02 Å². The Bertz CT molecular complexity index is 1320. The number of hydrogen-bond donors (Lipinski definition) is 2. The third kappa shape index (κ3) is 3.78. The highest BCUT2D eigenvalue weighted by Gasteiger charge is 2.19. The molecule has 6 nitrogen and oxygen atoms in total. The van der Waals surface area contributed by atoms with Crippen molar-refractivity contribution in [2.75, 3.05) is 19.5 Å². The van der Waals surface area contributed by atoms with Gasteiger partial charge in [0.1, 0.15) is 5.52 Å². The van der Waals surface area contributed by atoms with Crippen molar-refractivity contribution in [3.63, 3.8) is 0 Å². The third-order valence-corrected chi connectivity index (χ3v) is 5.39. The smallest absolute Gasteiger partial charge is 0.335 e. The van der Waals surface area contributed by atoms with Crippen molar-refractivity contribution >= 4 is 34.4 Å². The van der Waals surface area contributed by atoms with Crippen LogP contribution in [0.1, 0.15) is 15.9 Å². The Kier molecular flexibility index (Phi) is 5.48. The van der Waals surface area contributed by atoms with E-state index in [1.807, 2.05) is 37.3 Å². The van der Waals surface area contributed by atoms with Crippen LogP contribution in [-0.4, -0.2) is 35.2 Å². The number of aromatic carboxylic acids is 1. The molecule has 0 amide bonds. The number of nitrogens with zero attached hydrogens (tertiary/aromatic N) is 2. The van der Waals surface area contributed by atoms with Gasteiger partial charge in [0, 0.05) is 29.2 Å². The zero-order chi connectivity index (χ0) is 22.1. The summed E-state index contributed by atoms with van der Waals surface area (Å²) in [6, 6.07) is 14.6. The number of hydrogen-bond acceptors (Lipinski definition) is 5. The number of aromatic nitrogens is 2. The fourth-order valence-electron chi connectivity index (χ4n) is 3.69. The monoisotopic (exact) mass is 433 g/mol. The van der Waals surface area contributed by atoms with Gasteiger partial charge in [-0.25, -0.2) is 14.8 Å². The van der Waals surface area contributed by atoms with Gasteiger partial charge < -0.3 is 15.2 Å². The molecule has 7 heteroatoms. The number of fused-ring (bicyclic) bond motifs is 1. The Labute approximate surface area is 184 Å². The van der Waals surface area contributed by atoms with Gasteiger partial charge in [0.15, 0.2) is 5.75 Å². The van der Waals surface area contributed by atoms with Crippen molar-refractivity contribution in [1.29, 1.82) is 0 Å².